The molecule has 3 amide bonds. The van der Waals surface area contributed by atoms with Gasteiger partial charge >= 0.3 is 0 Å². The minimum Gasteiger partial charge on any atom is -0.481 e. The molecule has 2 aromatic carbocycles. The van der Waals surface area contributed by atoms with Gasteiger partial charge in [-0.15, -0.1) is 0 Å². The number of rotatable bonds is 13. The molecule has 1 aromatic heterocycles. The molecule has 0 fully saturated rings. The minimum absolute atomic E-state index is 0.0591. The summed E-state index contributed by atoms with van der Waals surface area (Å²) in [6.07, 6.45) is 1.77. The highest BCUT2D eigenvalue weighted by Gasteiger charge is 2.22. The number of benzene rings is 2. The summed E-state index contributed by atoms with van der Waals surface area (Å²) in [5.41, 5.74) is 11.9. The van der Waals surface area contributed by atoms with Crippen LogP contribution in [0.15, 0.2) is 36.5 Å². The summed E-state index contributed by atoms with van der Waals surface area (Å²) in [6, 6.07) is 7.27. The summed E-state index contributed by atoms with van der Waals surface area (Å²) < 4.78 is 40.7. The van der Waals surface area contributed by atoms with Crippen LogP contribution < -0.4 is 26.8 Å². The van der Waals surface area contributed by atoms with Crippen molar-refractivity contribution in [2.45, 2.75) is 13.3 Å². The molecule has 0 aliphatic carbocycles. The summed E-state index contributed by atoms with van der Waals surface area (Å²) in [4.78, 5) is 40.4. The molecule has 39 heavy (non-hydrogen) atoms. The number of aryl methyl sites for hydroxylation is 1. The quantitative estimate of drug-likeness (QED) is 0.238. The number of carbonyl (C=O) groups is 3. The van der Waals surface area contributed by atoms with Crippen LogP contribution in [0.1, 0.15) is 33.5 Å². The van der Waals surface area contributed by atoms with Gasteiger partial charge in [-0.2, -0.15) is 4.39 Å². The molecule has 0 unspecified atom stereocenters. The molecular weight excluding hydrogens is 514 g/mol. The molecule has 11 nitrogen and oxygen atoms in total. The topological polar surface area (TPSA) is 164 Å². The number of ether oxygens (including phenoxy) is 2. The van der Waals surface area contributed by atoms with E-state index in [1.807, 2.05) is 6.92 Å². The number of amides is 3. The number of carbonyl (C=O) groups excluding carboxylic acids is 3. The van der Waals surface area contributed by atoms with Crippen molar-refractivity contribution < 1.29 is 32.6 Å². The van der Waals surface area contributed by atoms with Crippen molar-refractivity contribution in [3.8, 4) is 17.0 Å². The number of nitrogens with zero attached hydrogens (tertiary/aromatic N) is 2. The van der Waals surface area contributed by atoms with Crippen LogP contribution in [0.5, 0.6) is 5.75 Å². The maximum absolute atomic E-state index is 14.8. The third kappa shape index (κ3) is 7.15. The van der Waals surface area contributed by atoms with E-state index in [9.17, 15) is 23.2 Å². The monoisotopic (exact) mass is 544 g/mol. The Hall–Kier alpha value is -4.36. The highest BCUT2D eigenvalue weighted by atomic mass is 19.2. The van der Waals surface area contributed by atoms with Crippen molar-refractivity contribution in [3.05, 3.63) is 65.1 Å². The summed E-state index contributed by atoms with van der Waals surface area (Å²) >= 11 is 0. The lowest BCUT2D eigenvalue weighted by Crippen LogP contribution is -2.28. The van der Waals surface area contributed by atoms with Crippen LogP contribution in [0.3, 0.4) is 0 Å². The molecule has 0 aliphatic rings. The highest BCUT2D eigenvalue weighted by molar-refractivity contribution is 6.03. The highest BCUT2D eigenvalue weighted by Crippen LogP contribution is 2.30. The number of nitrogens with one attached hydrogen (secondary N) is 2. The third-order valence-corrected chi connectivity index (χ3v) is 5.67. The van der Waals surface area contributed by atoms with Crippen molar-refractivity contribution >= 4 is 23.4 Å². The van der Waals surface area contributed by atoms with E-state index in [4.69, 9.17) is 20.9 Å². The average Bonchev–Trinajstić information content (AvgIpc) is 3.30. The second kappa shape index (κ2) is 13.4. The fourth-order valence-corrected chi connectivity index (χ4v) is 3.75. The molecule has 0 spiro atoms. The van der Waals surface area contributed by atoms with Gasteiger partial charge in [0, 0.05) is 37.0 Å². The van der Waals surface area contributed by atoms with E-state index in [1.165, 1.54) is 23.9 Å². The van der Waals surface area contributed by atoms with Crippen LogP contribution in [-0.4, -0.2) is 60.2 Å². The van der Waals surface area contributed by atoms with Crippen molar-refractivity contribution in [3.63, 3.8) is 0 Å². The Morgan fingerprint density at radius 2 is 1.85 bits per heavy atom. The predicted octanol–water partition coefficient (Wildman–Crippen LogP) is 1.75. The van der Waals surface area contributed by atoms with E-state index < -0.39 is 35.8 Å². The van der Waals surface area contributed by atoms with Gasteiger partial charge in [-0.25, -0.2) is 9.37 Å². The number of imidazole rings is 1. The Labute approximate surface area is 223 Å². The zero-order chi connectivity index (χ0) is 28.5. The molecule has 0 atom stereocenters. The molecule has 208 valence electrons. The van der Waals surface area contributed by atoms with Crippen LogP contribution in [0.4, 0.5) is 14.5 Å². The zero-order valence-electron chi connectivity index (χ0n) is 21.6. The SMILES string of the molecule is CCc1cc(NC(=O)c2ncc(-c3ccc(OCC(N)=O)c(F)c3F)n2C)ccc1C(=O)NCCOCCN. The van der Waals surface area contributed by atoms with Gasteiger partial charge in [0.05, 0.1) is 25.1 Å². The number of hydrogen-bond donors (Lipinski definition) is 4. The van der Waals surface area contributed by atoms with Crippen molar-refractivity contribution in [2.75, 3.05) is 38.2 Å². The van der Waals surface area contributed by atoms with Gasteiger partial charge in [0.25, 0.3) is 17.7 Å². The molecule has 1 heterocycles. The summed E-state index contributed by atoms with van der Waals surface area (Å²) in [5.74, 6) is -4.78. The van der Waals surface area contributed by atoms with E-state index in [-0.39, 0.29) is 23.0 Å². The second-order valence-corrected chi connectivity index (χ2v) is 8.36. The third-order valence-electron chi connectivity index (χ3n) is 5.67. The Morgan fingerprint density at radius 1 is 1.08 bits per heavy atom. The Morgan fingerprint density at radius 3 is 2.54 bits per heavy atom. The van der Waals surface area contributed by atoms with E-state index in [0.717, 1.165) is 6.07 Å². The van der Waals surface area contributed by atoms with E-state index in [0.29, 0.717) is 49.5 Å². The number of aromatic nitrogens is 2. The van der Waals surface area contributed by atoms with Gasteiger partial charge in [0.1, 0.15) is 0 Å². The Bertz CT molecular complexity index is 1360. The molecule has 3 rings (SSSR count). The normalized spacial score (nSPS) is 10.8. The molecule has 0 radical (unpaired) electrons. The van der Waals surface area contributed by atoms with E-state index >= 15 is 0 Å². The Kier molecular flexibility index (Phi) is 10.1. The first-order chi connectivity index (χ1) is 18.7. The van der Waals surface area contributed by atoms with Crippen LogP contribution in [0.25, 0.3) is 11.3 Å². The van der Waals surface area contributed by atoms with E-state index in [2.05, 4.69) is 15.6 Å². The van der Waals surface area contributed by atoms with Gasteiger partial charge in [-0.05, 0) is 42.3 Å². The van der Waals surface area contributed by atoms with Crippen molar-refractivity contribution in [2.24, 2.45) is 18.5 Å². The fraction of sp³-hybridized carbons (Fsp3) is 0.308. The maximum Gasteiger partial charge on any atom is 0.291 e. The summed E-state index contributed by atoms with van der Waals surface area (Å²) in [6.45, 7) is 2.75. The van der Waals surface area contributed by atoms with Crippen LogP contribution in [-0.2, 0) is 23.0 Å². The molecule has 13 heteroatoms. The molecule has 0 aliphatic heterocycles. The average molecular weight is 545 g/mol. The van der Waals surface area contributed by atoms with Crippen molar-refractivity contribution in [1.82, 2.24) is 14.9 Å². The number of anilines is 1. The fourth-order valence-electron chi connectivity index (χ4n) is 3.75. The summed E-state index contributed by atoms with van der Waals surface area (Å²) in [5, 5.41) is 5.49. The van der Waals surface area contributed by atoms with E-state index in [1.54, 1.807) is 18.2 Å². The predicted molar refractivity (Wildman–Crippen MR) is 139 cm³/mol. The standard InChI is InChI=1S/C26H30F2N6O5/c1-3-15-12-16(4-5-17(15)25(36)31-9-11-38-10-8-29)33-26(37)24-32-13-19(34(24)2)18-6-7-20(23(28)22(18)27)39-14-21(30)35/h4-7,12-13H,3,8-11,14,29H2,1-2H3,(H2,30,35)(H,31,36)(H,33,37). The smallest absolute Gasteiger partial charge is 0.291 e. The van der Waals surface area contributed by atoms with Crippen molar-refractivity contribution in [1.29, 1.82) is 0 Å². The zero-order valence-corrected chi connectivity index (χ0v) is 21.6. The molecule has 0 saturated carbocycles. The summed E-state index contributed by atoms with van der Waals surface area (Å²) in [7, 11) is 1.48. The number of halogens is 2. The second-order valence-electron chi connectivity index (χ2n) is 8.36. The first kappa shape index (κ1) is 29.2. The van der Waals surface area contributed by atoms with Gasteiger partial charge < -0.3 is 36.1 Å². The molecular formula is C26H30F2N6O5. The van der Waals surface area contributed by atoms with Gasteiger partial charge in [-0.3, -0.25) is 14.4 Å². The van der Waals surface area contributed by atoms with Crippen LogP contribution >= 0.6 is 0 Å². The van der Waals surface area contributed by atoms with Gasteiger partial charge in [0.15, 0.2) is 24.0 Å². The Balaban J connectivity index is 1.74. The largest absolute Gasteiger partial charge is 0.481 e. The number of hydrogen-bond acceptors (Lipinski definition) is 7. The van der Waals surface area contributed by atoms with Gasteiger partial charge in [-0.1, -0.05) is 6.92 Å². The lowest BCUT2D eigenvalue weighted by atomic mass is 10.0. The first-order valence-corrected chi connectivity index (χ1v) is 12.1. The van der Waals surface area contributed by atoms with Gasteiger partial charge in [0.2, 0.25) is 5.82 Å². The molecule has 3 aromatic rings. The van der Waals surface area contributed by atoms with Crippen LogP contribution in [0, 0.1) is 11.6 Å². The first-order valence-electron chi connectivity index (χ1n) is 12.1. The lowest BCUT2D eigenvalue weighted by molar-refractivity contribution is -0.120. The molecule has 0 saturated heterocycles. The number of primary amides is 1. The minimum atomic E-state index is -1.31. The van der Waals surface area contributed by atoms with Crippen LogP contribution in [0.2, 0.25) is 0 Å². The molecule has 0 bridgehead atoms. The number of nitrogens with two attached hydrogens (primary N) is 2. The molecule has 6 N–H and O–H groups in total. The maximum atomic E-state index is 14.8. The lowest BCUT2D eigenvalue weighted by Gasteiger charge is -2.13.